The van der Waals surface area contributed by atoms with E-state index in [1.807, 2.05) is 22.6 Å². The second-order valence-corrected chi connectivity index (χ2v) is 5.64. The number of benzene rings is 1. The average molecular weight is 435 g/mol. The fraction of sp³-hybridized carbons (Fsp3) is 0.214. The molecule has 0 amide bonds. The van der Waals surface area contributed by atoms with Gasteiger partial charge in [0.05, 0.1) is 14.2 Å². The SMILES string of the molecule is COC(=O)c1c(Oc2ccc(Cl)cc2OC)nnc(I)c1C. The van der Waals surface area contributed by atoms with Gasteiger partial charge in [0.2, 0.25) is 0 Å². The number of ether oxygens (including phenoxy) is 3. The molecule has 0 bridgehead atoms. The number of rotatable bonds is 4. The number of carbonyl (C=O) groups is 1. The van der Waals surface area contributed by atoms with Gasteiger partial charge in [-0.05, 0) is 41.6 Å². The van der Waals surface area contributed by atoms with Crippen molar-refractivity contribution in [3.8, 4) is 17.4 Å². The fourth-order valence-electron chi connectivity index (χ4n) is 1.72. The van der Waals surface area contributed by atoms with E-state index in [0.717, 1.165) is 0 Å². The van der Waals surface area contributed by atoms with Gasteiger partial charge in [-0.2, -0.15) is 0 Å². The molecule has 0 saturated carbocycles. The molecule has 0 saturated heterocycles. The lowest BCUT2D eigenvalue weighted by molar-refractivity contribution is 0.0595. The van der Waals surface area contributed by atoms with Gasteiger partial charge in [-0.15, -0.1) is 10.2 Å². The van der Waals surface area contributed by atoms with Gasteiger partial charge in [0.15, 0.2) is 11.5 Å². The van der Waals surface area contributed by atoms with Crippen LogP contribution in [0.5, 0.6) is 17.4 Å². The quantitative estimate of drug-likeness (QED) is 0.541. The van der Waals surface area contributed by atoms with Crippen molar-refractivity contribution in [3.05, 3.63) is 38.0 Å². The van der Waals surface area contributed by atoms with Crippen molar-refractivity contribution in [2.45, 2.75) is 6.92 Å². The van der Waals surface area contributed by atoms with Crippen molar-refractivity contribution < 1.29 is 19.0 Å². The van der Waals surface area contributed by atoms with Crippen LogP contribution < -0.4 is 9.47 Å². The van der Waals surface area contributed by atoms with E-state index in [1.54, 1.807) is 25.1 Å². The first-order valence-corrected chi connectivity index (χ1v) is 7.56. The first kappa shape index (κ1) is 16.8. The van der Waals surface area contributed by atoms with Crippen LogP contribution in [0.1, 0.15) is 15.9 Å². The summed E-state index contributed by atoms with van der Waals surface area (Å²) in [6.45, 7) is 1.74. The molecular weight excluding hydrogens is 423 g/mol. The summed E-state index contributed by atoms with van der Waals surface area (Å²) in [5, 5.41) is 8.40. The zero-order valence-corrected chi connectivity index (χ0v) is 14.9. The summed E-state index contributed by atoms with van der Waals surface area (Å²) in [6.07, 6.45) is 0. The molecule has 1 heterocycles. The van der Waals surface area contributed by atoms with E-state index in [-0.39, 0.29) is 11.4 Å². The Morgan fingerprint density at radius 3 is 2.59 bits per heavy atom. The Bertz CT molecular complexity index is 724. The minimum Gasteiger partial charge on any atom is -0.493 e. The number of hydrogen-bond acceptors (Lipinski definition) is 6. The lowest BCUT2D eigenvalue weighted by Crippen LogP contribution is -2.11. The lowest BCUT2D eigenvalue weighted by Gasteiger charge is -2.13. The number of hydrogen-bond donors (Lipinski definition) is 0. The van der Waals surface area contributed by atoms with E-state index in [9.17, 15) is 4.79 Å². The standard InChI is InChI=1S/C14H12ClIN2O4/c1-7-11(14(19)21-3)13(18-17-12(7)16)22-9-5-4-8(15)6-10(9)20-2/h4-6H,1-3H3. The maximum absolute atomic E-state index is 12.0. The third-order valence-electron chi connectivity index (χ3n) is 2.85. The van der Waals surface area contributed by atoms with Crippen LogP contribution in [-0.4, -0.2) is 30.4 Å². The van der Waals surface area contributed by atoms with Crippen molar-refractivity contribution in [2.24, 2.45) is 0 Å². The summed E-state index contributed by atoms with van der Waals surface area (Å²) in [5.74, 6) is 0.284. The average Bonchev–Trinajstić information content (AvgIpc) is 2.52. The second kappa shape index (κ2) is 7.10. The zero-order chi connectivity index (χ0) is 16.3. The smallest absolute Gasteiger partial charge is 0.343 e. The maximum atomic E-state index is 12.0. The van der Waals surface area contributed by atoms with E-state index >= 15 is 0 Å². The first-order valence-electron chi connectivity index (χ1n) is 6.10. The predicted molar refractivity (Wildman–Crippen MR) is 88.9 cm³/mol. The van der Waals surface area contributed by atoms with Crippen molar-refractivity contribution in [3.63, 3.8) is 0 Å². The molecule has 1 aromatic heterocycles. The molecule has 0 N–H and O–H groups in total. The molecular formula is C14H12ClIN2O4. The van der Waals surface area contributed by atoms with Gasteiger partial charge in [0.1, 0.15) is 9.26 Å². The Hall–Kier alpha value is -1.61. The molecule has 22 heavy (non-hydrogen) atoms. The lowest BCUT2D eigenvalue weighted by atomic mass is 10.2. The van der Waals surface area contributed by atoms with Gasteiger partial charge in [-0.25, -0.2) is 4.79 Å². The second-order valence-electron chi connectivity index (χ2n) is 4.18. The van der Waals surface area contributed by atoms with Crippen molar-refractivity contribution in [2.75, 3.05) is 14.2 Å². The highest BCUT2D eigenvalue weighted by Gasteiger charge is 2.22. The molecule has 2 rings (SSSR count). The van der Waals surface area contributed by atoms with Gasteiger partial charge in [0.25, 0.3) is 5.88 Å². The van der Waals surface area contributed by atoms with Crippen LogP contribution in [0.25, 0.3) is 0 Å². The van der Waals surface area contributed by atoms with Crippen LogP contribution in [0.4, 0.5) is 0 Å². The number of aromatic nitrogens is 2. The first-order chi connectivity index (χ1) is 10.5. The van der Waals surface area contributed by atoms with Crippen LogP contribution in [0.3, 0.4) is 0 Å². The monoisotopic (exact) mass is 434 g/mol. The molecule has 0 aliphatic rings. The summed E-state index contributed by atoms with van der Waals surface area (Å²) >= 11 is 7.90. The highest BCUT2D eigenvalue weighted by molar-refractivity contribution is 14.1. The molecule has 6 nitrogen and oxygen atoms in total. The number of halogens is 2. The number of methoxy groups -OCH3 is 2. The molecule has 0 aliphatic heterocycles. The molecule has 8 heteroatoms. The van der Waals surface area contributed by atoms with Crippen molar-refractivity contribution in [1.29, 1.82) is 0 Å². The van der Waals surface area contributed by atoms with Crippen LogP contribution >= 0.6 is 34.2 Å². The summed E-state index contributed by atoms with van der Waals surface area (Å²) in [7, 11) is 2.78. The van der Waals surface area contributed by atoms with Gasteiger partial charge >= 0.3 is 5.97 Å². The molecule has 0 spiro atoms. The van der Waals surface area contributed by atoms with Crippen LogP contribution in [0.2, 0.25) is 5.02 Å². The Balaban J connectivity index is 2.50. The summed E-state index contributed by atoms with van der Waals surface area (Å²) in [6, 6.07) is 4.86. The Kier molecular flexibility index (Phi) is 5.41. The fourth-order valence-corrected chi connectivity index (χ4v) is 2.26. The Morgan fingerprint density at radius 2 is 1.95 bits per heavy atom. The van der Waals surface area contributed by atoms with Gasteiger partial charge in [-0.3, -0.25) is 0 Å². The zero-order valence-electron chi connectivity index (χ0n) is 12.0. The normalized spacial score (nSPS) is 10.2. The minimum atomic E-state index is -0.548. The minimum absolute atomic E-state index is 0.0467. The van der Waals surface area contributed by atoms with E-state index < -0.39 is 5.97 Å². The van der Waals surface area contributed by atoms with Crippen molar-refractivity contribution >= 4 is 40.2 Å². The molecule has 0 unspecified atom stereocenters. The third-order valence-corrected chi connectivity index (χ3v) is 4.11. The Labute approximate surface area is 145 Å². The molecule has 0 fully saturated rings. The molecule has 0 radical (unpaired) electrons. The molecule has 0 aliphatic carbocycles. The predicted octanol–water partition coefficient (Wildman–Crippen LogP) is 3.63. The van der Waals surface area contributed by atoms with Crippen LogP contribution in [0, 0.1) is 10.6 Å². The number of carbonyl (C=O) groups excluding carboxylic acids is 1. The van der Waals surface area contributed by atoms with E-state index in [2.05, 4.69) is 10.2 Å². The largest absolute Gasteiger partial charge is 0.493 e. The summed E-state index contributed by atoms with van der Waals surface area (Å²) in [4.78, 5) is 12.0. The molecule has 1 aromatic carbocycles. The third kappa shape index (κ3) is 3.41. The number of esters is 1. The Morgan fingerprint density at radius 1 is 1.23 bits per heavy atom. The van der Waals surface area contributed by atoms with Gasteiger partial charge in [0, 0.05) is 16.7 Å². The highest BCUT2D eigenvalue weighted by atomic mass is 127. The molecule has 116 valence electrons. The molecule has 0 atom stereocenters. The topological polar surface area (TPSA) is 70.5 Å². The molecule has 2 aromatic rings. The summed E-state index contributed by atoms with van der Waals surface area (Å²) in [5.41, 5.74) is 0.851. The maximum Gasteiger partial charge on any atom is 0.343 e. The van der Waals surface area contributed by atoms with Crippen LogP contribution in [-0.2, 0) is 4.74 Å². The number of nitrogens with zero attached hydrogens (tertiary/aromatic N) is 2. The van der Waals surface area contributed by atoms with Gasteiger partial charge in [-0.1, -0.05) is 11.6 Å². The summed E-state index contributed by atoms with van der Waals surface area (Å²) < 4.78 is 16.3. The van der Waals surface area contributed by atoms with E-state index in [4.69, 9.17) is 25.8 Å². The van der Waals surface area contributed by atoms with Crippen molar-refractivity contribution in [1.82, 2.24) is 10.2 Å². The highest BCUT2D eigenvalue weighted by Crippen LogP contribution is 2.35. The van der Waals surface area contributed by atoms with E-state index in [0.29, 0.717) is 25.8 Å². The van der Waals surface area contributed by atoms with Gasteiger partial charge < -0.3 is 14.2 Å². The van der Waals surface area contributed by atoms with E-state index in [1.165, 1.54) is 14.2 Å². The van der Waals surface area contributed by atoms with Crippen LogP contribution in [0.15, 0.2) is 18.2 Å².